The lowest BCUT2D eigenvalue weighted by atomic mass is 10.2. The number of halogens is 1. The summed E-state index contributed by atoms with van der Waals surface area (Å²) in [6.07, 6.45) is 4.18. The maximum Gasteiger partial charge on any atom is 0.282 e. The van der Waals surface area contributed by atoms with Gasteiger partial charge >= 0.3 is 0 Å². The normalized spacial score (nSPS) is 18.1. The molecular formula is C14H21BrN2O2S. The molecular weight excluding hydrogens is 340 g/mol. The fourth-order valence-corrected chi connectivity index (χ4v) is 4.09. The van der Waals surface area contributed by atoms with Crippen molar-refractivity contribution in [3.8, 4) is 0 Å². The second-order valence-electron chi connectivity index (χ2n) is 5.20. The molecule has 0 atom stereocenters. The molecule has 1 aromatic rings. The van der Waals surface area contributed by atoms with Crippen LogP contribution in [0.4, 0.5) is 0 Å². The van der Waals surface area contributed by atoms with Crippen LogP contribution in [0.2, 0.25) is 0 Å². The predicted molar refractivity (Wildman–Crippen MR) is 84.6 cm³/mol. The summed E-state index contributed by atoms with van der Waals surface area (Å²) in [7, 11) is -1.68. The zero-order valence-electron chi connectivity index (χ0n) is 11.8. The Morgan fingerprint density at radius 1 is 1.10 bits per heavy atom. The highest BCUT2D eigenvalue weighted by Crippen LogP contribution is 2.18. The second-order valence-corrected chi connectivity index (χ2v) is 8.15. The maximum absolute atomic E-state index is 12.6. The lowest BCUT2D eigenvalue weighted by Gasteiger charge is -2.26. The molecule has 6 heteroatoms. The highest BCUT2D eigenvalue weighted by molar-refractivity contribution is 9.10. The molecule has 1 heterocycles. The zero-order valence-corrected chi connectivity index (χ0v) is 14.2. The third-order valence-corrected chi connectivity index (χ3v) is 6.07. The summed E-state index contributed by atoms with van der Waals surface area (Å²) in [5, 5.41) is 0. The molecule has 1 fully saturated rings. The summed E-state index contributed by atoms with van der Waals surface area (Å²) in [5.74, 6) is 0. The molecule has 0 aliphatic carbocycles. The van der Waals surface area contributed by atoms with Crippen LogP contribution in [-0.4, -0.2) is 37.2 Å². The molecule has 0 bridgehead atoms. The van der Waals surface area contributed by atoms with Gasteiger partial charge in [-0.05, 0) is 30.5 Å². The Morgan fingerprint density at radius 2 is 1.65 bits per heavy atom. The third kappa shape index (κ3) is 4.04. The summed E-state index contributed by atoms with van der Waals surface area (Å²) < 4.78 is 29.2. The first kappa shape index (κ1) is 15.9. The minimum atomic E-state index is -3.34. The van der Waals surface area contributed by atoms with Crippen LogP contribution in [0.25, 0.3) is 0 Å². The molecule has 1 aliphatic rings. The Bertz CT molecular complexity index is 523. The van der Waals surface area contributed by atoms with Crippen molar-refractivity contribution in [2.75, 3.05) is 20.1 Å². The van der Waals surface area contributed by atoms with Crippen LogP contribution in [0, 0.1) is 0 Å². The van der Waals surface area contributed by atoms with Gasteiger partial charge in [-0.25, -0.2) is 0 Å². The number of rotatable bonds is 4. The van der Waals surface area contributed by atoms with Gasteiger partial charge in [-0.3, -0.25) is 0 Å². The van der Waals surface area contributed by atoms with Crippen molar-refractivity contribution in [2.45, 2.75) is 32.2 Å². The summed E-state index contributed by atoms with van der Waals surface area (Å²) in [6, 6.07) is 7.75. The van der Waals surface area contributed by atoms with Crippen molar-refractivity contribution in [3.05, 3.63) is 34.3 Å². The molecule has 2 rings (SSSR count). The molecule has 1 saturated heterocycles. The molecule has 0 radical (unpaired) electrons. The van der Waals surface area contributed by atoms with Gasteiger partial charge in [0.25, 0.3) is 10.2 Å². The van der Waals surface area contributed by atoms with E-state index in [9.17, 15) is 8.42 Å². The van der Waals surface area contributed by atoms with Crippen LogP contribution in [0.3, 0.4) is 0 Å². The van der Waals surface area contributed by atoms with Crippen molar-refractivity contribution in [1.82, 2.24) is 8.61 Å². The lowest BCUT2D eigenvalue weighted by Crippen LogP contribution is -2.42. The van der Waals surface area contributed by atoms with Crippen LogP contribution < -0.4 is 0 Å². The molecule has 0 amide bonds. The van der Waals surface area contributed by atoms with E-state index in [1.54, 1.807) is 11.4 Å². The average Bonchev–Trinajstić information content (AvgIpc) is 2.70. The second kappa shape index (κ2) is 7.02. The van der Waals surface area contributed by atoms with Crippen LogP contribution in [0.5, 0.6) is 0 Å². The number of hydrogen-bond acceptors (Lipinski definition) is 2. The van der Waals surface area contributed by atoms with Crippen molar-refractivity contribution in [1.29, 1.82) is 0 Å². The smallest absolute Gasteiger partial charge is 0.195 e. The van der Waals surface area contributed by atoms with Gasteiger partial charge in [-0.2, -0.15) is 17.0 Å². The molecule has 4 nitrogen and oxygen atoms in total. The van der Waals surface area contributed by atoms with Crippen molar-refractivity contribution < 1.29 is 8.42 Å². The fraction of sp³-hybridized carbons (Fsp3) is 0.571. The van der Waals surface area contributed by atoms with E-state index in [2.05, 4.69) is 15.9 Å². The van der Waals surface area contributed by atoms with E-state index < -0.39 is 10.2 Å². The van der Waals surface area contributed by atoms with E-state index in [0.717, 1.165) is 35.7 Å². The first-order valence-corrected chi connectivity index (χ1v) is 9.15. The highest BCUT2D eigenvalue weighted by atomic mass is 79.9. The van der Waals surface area contributed by atoms with Crippen LogP contribution in [0.1, 0.15) is 31.2 Å². The van der Waals surface area contributed by atoms with Crippen LogP contribution >= 0.6 is 15.9 Å². The molecule has 0 saturated carbocycles. The van der Waals surface area contributed by atoms with Gasteiger partial charge in [0.05, 0.1) is 0 Å². The van der Waals surface area contributed by atoms with Crippen LogP contribution in [0.15, 0.2) is 28.7 Å². The first-order chi connectivity index (χ1) is 9.50. The highest BCUT2D eigenvalue weighted by Gasteiger charge is 2.27. The Morgan fingerprint density at radius 3 is 2.20 bits per heavy atom. The summed E-state index contributed by atoms with van der Waals surface area (Å²) in [4.78, 5) is 0. The SMILES string of the molecule is CN(Cc1ccc(Br)cc1)S(=O)(=O)N1CCCCCC1. The predicted octanol–water partition coefficient (Wildman–Crippen LogP) is 3.00. The summed E-state index contributed by atoms with van der Waals surface area (Å²) >= 11 is 3.38. The topological polar surface area (TPSA) is 40.6 Å². The number of benzene rings is 1. The van der Waals surface area contributed by atoms with E-state index in [4.69, 9.17) is 0 Å². The molecule has 1 aromatic carbocycles. The van der Waals surface area contributed by atoms with Gasteiger partial charge in [0.1, 0.15) is 0 Å². The van der Waals surface area contributed by atoms with Gasteiger partial charge in [-0.15, -0.1) is 0 Å². The van der Waals surface area contributed by atoms with E-state index in [1.807, 2.05) is 24.3 Å². The maximum atomic E-state index is 12.6. The Balaban J connectivity index is 2.06. The molecule has 20 heavy (non-hydrogen) atoms. The summed E-state index contributed by atoms with van der Waals surface area (Å²) in [5.41, 5.74) is 0.995. The molecule has 0 spiro atoms. The largest absolute Gasteiger partial charge is 0.282 e. The lowest BCUT2D eigenvalue weighted by molar-refractivity contribution is 0.363. The van der Waals surface area contributed by atoms with Crippen molar-refractivity contribution in [2.24, 2.45) is 0 Å². The summed E-state index contributed by atoms with van der Waals surface area (Å²) in [6.45, 7) is 1.70. The monoisotopic (exact) mass is 360 g/mol. The number of hydrogen-bond donors (Lipinski definition) is 0. The molecule has 0 aromatic heterocycles. The third-order valence-electron chi connectivity index (χ3n) is 3.60. The van der Waals surface area contributed by atoms with E-state index >= 15 is 0 Å². The minimum Gasteiger partial charge on any atom is -0.195 e. The van der Waals surface area contributed by atoms with Gasteiger partial charge in [0.15, 0.2) is 0 Å². The molecule has 0 unspecified atom stereocenters. The van der Waals surface area contributed by atoms with Crippen molar-refractivity contribution in [3.63, 3.8) is 0 Å². The molecule has 112 valence electrons. The minimum absolute atomic E-state index is 0.409. The Labute approximate surface area is 130 Å². The Hall–Kier alpha value is -0.430. The van der Waals surface area contributed by atoms with E-state index in [0.29, 0.717) is 19.6 Å². The van der Waals surface area contributed by atoms with E-state index in [1.165, 1.54) is 4.31 Å². The average molecular weight is 361 g/mol. The van der Waals surface area contributed by atoms with Gasteiger partial charge in [0, 0.05) is 31.2 Å². The molecule has 1 aliphatic heterocycles. The van der Waals surface area contributed by atoms with Gasteiger partial charge in [-0.1, -0.05) is 40.9 Å². The number of nitrogens with zero attached hydrogens (tertiary/aromatic N) is 2. The molecule has 0 N–H and O–H groups in total. The quantitative estimate of drug-likeness (QED) is 0.827. The standard InChI is InChI=1S/C14H21BrN2O2S/c1-16(12-13-6-8-14(15)9-7-13)20(18,19)17-10-4-2-3-5-11-17/h6-9H,2-5,10-12H2,1H3. The first-order valence-electron chi connectivity index (χ1n) is 6.96. The van der Waals surface area contributed by atoms with E-state index in [-0.39, 0.29) is 0 Å². The fourth-order valence-electron chi connectivity index (χ4n) is 2.40. The van der Waals surface area contributed by atoms with Gasteiger partial charge < -0.3 is 0 Å². The van der Waals surface area contributed by atoms with Crippen molar-refractivity contribution >= 4 is 26.1 Å². The zero-order chi connectivity index (χ0) is 14.6. The van der Waals surface area contributed by atoms with Crippen LogP contribution in [-0.2, 0) is 16.8 Å². The Kier molecular flexibility index (Phi) is 5.60. The van der Waals surface area contributed by atoms with Gasteiger partial charge in [0.2, 0.25) is 0 Å².